The van der Waals surface area contributed by atoms with Gasteiger partial charge in [0.2, 0.25) is 5.91 Å². The molecule has 0 atom stereocenters. The van der Waals surface area contributed by atoms with Gasteiger partial charge in [0.15, 0.2) is 0 Å². The molecule has 2 N–H and O–H groups in total. The van der Waals surface area contributed by atoms with E-state index in [0.29, 0.717) is 16.5 Å². The molecule has 0 fully saturated rings. The van der Waals surface area contributed by atoms with Crippen molar-refractivity contribution in [1.82, 2.24) is 4.98 Å². The van der Waals surface area contributed by atoms with Gasteiger partial charge in [-0.2, -0.15) is 0 Å². The van der Waals surface area contributed by atoms with E-state index in [1.165, 1.54) is 19.2 Å². The van der Waals surface area contributed by atoms with Crippen LogP contribution in [0.3, 0.4) is 0 Å². The van der Waals surface area contributed by atoms with Crippen LogP contribution in [0.2, 0.25) is 5.02 Å². The predicted molar refractivity (Wildman–Crippen MR) is 93.3 cm³/mol. The van der Waals surface area contributed by atoms with Crippen LogP contribution in [0.15, 0.2) is 36.4 Å². The second kappa shape index (κ2) is 6.53. The average Bonchev–Trinajstić information content (AvgIpc) is 2.83. The highest BCUT2D eigenvalue weighted by atomic mass is 35.5. The molecule has 0 spiro atoms. The Balaban J connectivity index is 1.81. The number of anilines is 1. The van der Waals surface area contributed by atoms with Crippen LogP contribution in [0.1, 0.15) is 11.3 Å². The van der Waals surface area contributed by atoms with E-state index in [0.717, 1.165) is 22.2 Å². The molecule has 3 aromatic rings. The summed E-state index contributed by atoms with van der Waals surface area (Å²) in [5.41, 5.74) is 3.01. The fraction of sp³-hybridized carbons (Fsp3) is 0.167. The number of fused-ring (bicyclic) bond motifs is 1. The Morgan fingerprint density at radius 2 is 2.08 bits per heavy atom. The minimum atomic E-state index is -0.329. The molecule has 0 unspecified atom stereocenters. The predicted octanol–water partition coefficient (Wildman–Crippen LogP) is 4.46. The van der Waals surface area contributed by atoms with E-state index < -0.39 is 0 Å². The van der Waals surface area contributed by atoms with E-state index in [1.807, 2.05) is 6.92 Å². The summed E-state index contributed by atoms with van der Waals surface area (Å²) in [6, 6.07) is 9.52. The fourth-order valence-electron chi connectivity index (χ4n) is 2.69. The number of aryl methyl sites for hydroxylation is 1. The van der Waals surface area contributed by atoms with Crippen molar-refractivity contribution in [3.63, 3.8) is 0 Å². The van der Waals surface area contributed by atoms with Crippen molar-refractivity contribution >= 4 is 34.1 Å². The number of ether oxygens (including phenoxy) is 1. The van der Waals surface area contributed by atoms with Crippen molar-refractivity contribution in [3.8, 4) is 5.75 Å². The third-order valence-electron chi connectivity index (χ3n) is 3.85. The van der Waals surface area contributed by atoms with Gasteiger partial charge >= 0.3 is 0 Å². The van der Waals surface area contributed by atoms with Gasteiger partial charge < -0.3 is 15.0 Å². The molecule has 2 aromatic carbocycles. The number of nitrogens with one attached hydrogen (secondary N) is 2. The number of methoxy groups -OCH3 is 1. The number of carbonyl (C=O) groups excluding carboxylic acids is 1. The molecular weight excluding hydrogens is 331 g/mol. The Kier molecular flexibility index (Phi) is 4.44. The first-order valence-electron chi connectivity index (χ1n) is 7.38. The maximum Gasteiger partial charge on any atom is 0.228 e. The molecule has 4 nitrogen and oxygen atoms in total. The first-order valence-corrected chi connectivity index (χ1v) is 7.76. The SMILES string of the molecule is COc1ccc(NC(=O)Cc2c(C)[nH]c3ccc(F)cc23)cc1Cl. The molecule has 1 aromatic heterocycles. The molecule has 0 bridgehead atoms. The highest BCUT2D eigenvalue weighted by Gasteiger charge is 2.14. The maximum atomic E-state index is 13.5. The summed E-state index contributed by atoms with van der Waals surface area (Å²) in [5.74, 6) is 0.00667. The Morgan fingerprint density at radius 1 is 1.29 bits per heavy atom. The third-order valence-corrected chi connectivity index (χ3v) is 4.15. The van der Waals surface area contributed by atoms with Crippen LogP contribution in [-0.2, 0) is 11.2 Å². The molecule has 3 rings (SSSR count). The van der Waals surface area contributed by atoms with E-state index in [-0.39, 0.29) is 18.1 Å². The zero-order chi connectivity index (χ0) is 17.3. The maximum absolute atomic E-state index is 13.5. The molecule has 124 valence electrons. The van der Waals surface area contributed by atoms with Crippen molar-refractivity contribution in [3.05, 3.63) is 58.5 Å². The van der Waals surface area contributed by atoms with Crippen molar-refractivity contribution in [2.45, 2.75) is 13.3 Å². The summed E-state index contributed by atoms with van der Waals surface area (Å²) >= 11 is 6.05. The van der Waals surface area contributed by atoms with Gasteiger partial charge in [-0.1, -0.05) is 11.6 Å². The van der Waals surface area contributed by atoms with Crippen molar-refractivity contribution < 1.29 is 13.9 Å². The molecule has 0 saturated carbocycles. The lowest BCUT2D eigenvalue weighted by molar-refractivity contribution is -0.115. The van der Waals surface area contributed by atoms with E-state index in [4.69, 9.17) is 16.3 Å². The van der Waals surface area contributed by atoms with Gasteiger partial charge in [0.1, 0.15) is 11.6 Å². The van der Waals surface area contributed by atoms with Crippen molar-refractivity contribution in [2.24, 2.45) is 0 Å². The van der Waals surface area contributed by atoms with Gasteiger partial charge in [0.05, 0.1) is 18.6 Å². The number of halogens is 2. The topological polar surface area (TPSA) is 54.1 Å². The Hall–Kier alpha value is -2.53. The fourth-order valence-corrected chi connectivity index (χ4v) is 2.95. The highest BCUT2D eigenvalue weighted by Crippen LogP contribution is 2.28. The molecule has 0 aliphatic rings. The average molecular weight is 347 g/mol. The van der Waals surface area contributed by atoms with Gasteiger partial charge in [-0.3, -0.25) is 4.79 Å². The van der Waals surface area contributed by atoms with Crippen LogP contribution in [0.4, 0.5) is 10.1 Å². The Morgan fingerprint density at radius 3 is 2.79 bits per heavy atom. The molecule has 0 aliphatic carbocycles. The smallest absolute Gasteiger partial charge is 0.228 e. The molecule has 1 amide bonds. The summed E-state index contributed by atoms with van der Waals surface area (Å²) in [7, 11) is 1.53. The monoisotopic (exact) mass is 346 g/mol. The quantitative estimate of drug-likeness (QED) is 0.732. The third kappa shape index (κ3) is 3.21. The summed E-state index contributed by atoms with van der Waals surface area (Å²) < 4.78 is 18.6. The number of H-pyrrole nitrogens is 1. The van der Waals surface area contributed by atoms with E-state index in [1.54, 1.807) is 24.3 Å². The number of aromatic amines is 1. The zero-order valence-corrected chi connectivity index (χ0v) is 14.0. The van der Waals surface area contributed by atoms with E-state index in [9.17, 15) is 9.18 Å². The van der Waals surface area contributed by atoms with Crippen LogP contribution in [0.25, 0.3) is 10.9 Å². The van der Waals surface area contributed by atoms with Gasteiger partial charge in [-0.25, -0.2) is 4.39 Å². The number of hydrogen-bond donors (Lipinski definition) is 2. The van der Waals surface area contributed by atoms with Crippen molar-refractivity contribution in [2.75, 3.05) is 12.4 Å². The minimum Gasteiger partial charge on any atom is -0.495 e. The number of aromatic nitrogens is 1. The van der Waals surface area contributed by atoms with Crippen LogP contribution in [0.5, 0.6) is 5.75 Å². The number of benzene rings is 2. The molecule has 6 heteroatoms. The molecule has 0 radical (unpaired) electrons. The van der Waals surface area contributed by atoms with E-state index in [2.05, 4.69) is 10.3 Å². The largest absolute Gasteiger partial charge is 0.495 e. The van der Waals surface area contributed by atoms with Crippen LogP contribution >= 0.6 is 11.6 Å². The number of rotatable bonds is 4. The normalized spacial score (nSPS) is 10.8. The lowest BCUT2D eigenvalue weighted by Crippen LogP contribution is -2.14. The molecule has 0 saturated heterocycles. The lowest BCUT2D eigenvalue weighted by Gasteiger charge is -2.08. The summed E-state index contributed by atoms with van der Waals surface area (Å²) in [6.07, 6.45) is 0.138. The minimum absolute atomic E-state index is 0.138. The zero-order valence-electron chi connectivity index (χ0n) is 13.2. The summed E-state index contributed by atoms with van der Waals surface area (Å²) in [4.78, 5) is 15.5. The van der Waals surface area contributed by atoms with Gasteiger partial charge in [0.25, 0.3) is 0 Å². The summed E-state index contributed by atoms with van der Waals surface area (Å²) in [6.45, 7) is 1.87. The first-order chi connectivity index (χ1) is 11.5. The van der Waals surface area contributed by atoms with Crippen molar-refractivity contribution in [1.29, 1.82) is 0 Å². The van der Waals surface area contributed by atoms with Crippen LogP contribution in [0, 0.1) is 12.7 Å². The van der Waals surface area contributed by atoms with Gasteiger partial charge in [-0.15, -0.1) is 0 Å². The standard InChI is InChI=1S/C18H16ClFN2O2/c1-10-13(14-7-11(20)3-5-16(14)21-10)9-18(23)22-12-4-6-17(24-2)15(19)8-12/h3-8,21H,9H2,1-2H3,(H,22,23). The molecule has 24 heavy (non-hydrogen) atoms. The first kappa shape index (κ1) is 16.3. The molecule has 0 aliphatic heterocycles. The van der Waals surface area contributed by atoms with E-state index >= 15 is 0 Å². The molecular formula is C18H16ClFN2O2. The number of amides is 1. The second-order valence-corrected chi connectivity index (χ2v) is 5.90. The number of hydrogen-bond acceptors (Lipinski definition) is 2. The summed E-state index contributed by atoms with van der Waals surface area (Å²) in [5, 5.41) is 3.93. The van der Waals surface area contributed by atoms with Crippen LogP contribution in [-0.4, -0.2) is 18.0 Å². The lowest BCUT2D eigenvalue weighted by atomic mass is 10.1. The molecule has 1 heterocycles. The van der Waals surface area contributed by atoms with Crippen LogP contribution < -0.4 is 10.1 Å². The Bertz CT molecular complexity index is 921. The highest BCUT2D eigenvalue weighted by molar-refractivity contribution is 6.32. The Labute approximate surface area is 143 Å². The number of carbonyl (C=O) groups is 1. The van der Waals surface area contributed by atoms with Gasteiger partial charge in [-0.05, 0) is 48.9 Å². The van der Waals surface area contributed by atoms with Gasteiger partial charge in [0, 0.05) is 22.3 Å². The second-order valence-electron chi connectivity index (χ2n) is 5.49.